The van der Waals surface area contributed by atoms with Crippen molar-refractivity contribution >= 4 is 16.7 Å². The van der Waals surface area contributed by atoms with Crippen LogP contribution in [0.5, 0.6) is 0 Å². The number of benzene rings is 1. The van der Waals surface area contributed by atoms with E-state index in [-0.39, 0.29) is 17.8 Å². The van der Waals surface area contributed by atoms with Gasteiger partial charge in [-0.15, -0.1) is 0 Å². The number of fused-ring (bicyclic) bond motifs is 1. The fourth-order valence-corrected chi connectivity index (χ4v) is 2.68. The molecule has 2 heterocycles. The zero-order valence-corrected chi connectivity index (χ0v) is 11.0. The highest BCUT2D eigenvalue weighted by Gasteiger charge is 2.28. The largest absolute Gasteiger partial charge is 0.378 e. The van der Waals surface area contributed by atoms with E-state index in [1.807, 2.05) is 37.3 Å². The number of hydrogen-bond acceptors (Lipinski definition) is 3. The third kappa shape index (κ3) is 2.51. The lowest BCUT2D eigenvalue weighted by Gasteiger charge is -2.08. The summed E-state index contributed by atoms with van der Waals surface area (Å²) in [5.74, 6) is 0.336. The summed E-state index contributed by atoms with van der Waals surface area (Å²) >= 11 is 0. The van der Waals surface area contributed by atoms with E-state index in [2.05, 4.69) is 4.98 Å². The molecule has 3 rings (SSSR count). The van der Waals surface area contributed by atoms with Gasteiger partial charge in [-0.1, -0.05) is 18.2 Å². The molecule has 98 valence electrons. The Labute approximate surface area is 112 Å². The quantitative estimate of drug-likeness (QED) is 0.846. The highest BCUT2D eigenvalue weighted by Crippen LogP contribution is 2.23. The highest BCUT2D eigenvalue weighted by atomic mass is 16.5. The van der Waals surface area contributed by atoms with Crippen LogP contribution in [0, 0.1) is 5.92 Å². The molecule has 3 heteroatoms. The molecule has 2 aromatic rings. The molecule has 0 N–H and O–H groups in total. The predicted molar refractivity (Wildman–Crippen MR) is 74.0 cm³/mol. The number of hydrogen-bond donors (Lipinski definition) is 0. The van der Waals surface area contributed by atoms with E-state index >= 15 is 0 Å². The van der Waals surface area contributed by atoms with Crippen molar-refractivity contribution < 1.29 is 9.53 Å². The number of carbonyl (C=O) groups excluding carboxylic acids is 1. The van der Waals surface area contributed by atoms with E-state index in [0.717, 1.165) is 22.9 Å². The average Bonchev–Trinajstić information content (AvgIpc) is 2.86. The molecule has 1 aromatic heterocycles. The van der Waals surface area contributed by atoms with Crippen molar-refractivity contribution in [2.75, 3.05) is 6.61 Å². The maximum atomic E-state index is 12.3. The Balaban J connectivity index is 1.83. The molecule has 1 aliphatic rings. The van der Waals surface area contributed by atoms with Gasteiger partial charge in [0.2, 0.25) is 0 Å². The van der Waals surface area contributed by atoms with Gasteiger partial charge in [0.15, 0.2) is 0 Å². The zero-order valence-electron chi connectivity index (χ0n) is 11.0. The van der Waals surface area contributed by atoms with Crippen LogP contribution in [0.15, 0.2) is 36.5 Å². The van der Waals surface area contributed by atoms with Crippen molar-refractivity contribution in [3.8, 4) is 0 Å². The van der Waals surface area contributed by atoms with Crippen LogP contribution < -0.4 is 0 Å². The van der Waals surface area contributed by atoms with Gasteiger partial charge < -0.3 is 4.74 Å². The zero-order chi connectivity index (χ0) is 13.2. The topological polar surface area (TPSA) is 39.2 Å². The fraction of sp³-hybridized carbons (Fsp3) is 0.375. The highest BCUT2D eigenvalue weighted by molar-refractivity contribution is 5.90. The second-order valence-corrected chi connectivity index (χ2v) is 5.21. The van der Waals surface area contributed by atoms with E-state index in [9.17, 15) is 4.79 Å². The van der Waals surface area contributed by atoms with E-state index in [1.165, 1.54) is 0 Å². The van der Waals surface area contributed by atoms with E-state index in [4.69, 9.17) is 4.74 Å². The van der Waals surface area contributed by atoms with Gasteiger partial charge >= 0.3 is 0 Å². The maximum absolute atomic E-state index is 12.3. The number of rotatable bonds is 3. The summed E-state index contributed by atoms with van der Waals surface area (Å²) in [7, 11) is 0. The molecule has 2 atom stereocenters. The molecule has 0 amide bonds. The predicted octanol–water partition coefficient (Wildman–Crippen LogP) is 2.77. The van der Waals surface area contributed by atoms with Crippen LogP contribution in [0.25, 0.3) is 10.9 Å². The van der Waals surface area contributed by atoms with Crippen LogP contribution in [0.3, 0.4) is 0 Å². The summed E-state index contributed by atoms with van der Waals surface area (Å²) < 4.78 is 5.48. The monoisotopic (exact) mass is 255 g/mol. The average molecular weight is 255 g/mol. The number of Topliss-reactive ketones (excluding diaryl/α,β-unsaturated/α-hetero) is 1. The first-order chi connectivity index (χ1) is 9.24. The summed E-state index contributed by atoms with van der Waals surface area (Å²) in [6.45, 7) is 2.60. The minimum absolute atomic E-state index is 0.0573. The van der Waals surface area contributed by atoms with Crippen molar-refractivity contribution in [2.24, 2.45) is 5.92 Å². The molecule has 0 spiro atoms. The molecular weight excluding hydrogens is 238 g/mol. The van der Waals surface area contributed by atoms with E-state index in [0.29, 0.717) is 13.0 Å². The van der Waals surface area contributed by atoms with Gasteiger partial charge in [0, 0.05) is 23.9 Å². The second-order valence-electron chi connectivity index (χ2n) is 5.21. The van der Waals surface area contributed by atoms with Gasteiger partial charge in [-0.25, -0.2) is 0 Å². The summed E-state index contributed by atoms with van der Waals surface area (Å²) in [6.07, 6.45) is 3.31. The molecule has 3 nitrogen and oxygen atoms in total. The smallest absolute Gasteiger partial charge is 0.142 e. The van der Waals surface area contributed by atoms with Crippen LogP contribution in [-0.2, 0) is 16.0 Å². The Bertz CT molecular complexity index is 603. The third-order valence-electron chi connectivity index (χ3n) is 3.76. The first kappa shape index (κ1) is 12.3. The van der Waals surface area contributed by atoms with E-state index < -0.39 is 0 Å². The summed E-state index contributed by atoms with van der Waals surface area (Å²) in [4.78, 5) is 16.6. The van der Waals surface area contributed by atoms with Crippen molar-refractivity contribution in [2.45, 2.75) is 25.9 Å². The molecule has 1 aromatic carbocycles. The molecule has 0 bridgehead atoms. The van der Waals surface area contributed by atoms with Crippen LogP contribution in [0.1, 0.15) is 18.9 Å². The lowest BCUT2D eigenvalue weighted by molar-refractivity contribution is -0.122. The Morgan fingerprint density at radius 2 is 2.21 bits per heavy atom. The van der Waals surface area contributed by atoms with Crippen LogP contribution in [0.4, 0.5) is 0 Å². The van der Waals surface area contributed by atoms with Crippen molar-refractivity contribution in [3.63, 3.8) is 0 Å². The Kier molecular flexibility index (Phi) is 3.30. The molecule has 1 fully saturated rings. The first-order valence-electron chi connectivity index (χ1n) is 6.71. The van der Waals surface area contributed by atoms with Gasteiger partial charge in [0.1, 0.15) is 5.78 Å². The first-order valence-corrected chi connectivity index (χ1v) is 6.71. The summed E-state index contributed by atoms with van der Waals surface area (Å²) in [5, 5.41) is 1.07. The molecule has 1 aliphatic heterocycles. The number of carbonyl (C=O) groups is 1. The fourth-order valence-electron chi connectivity index (χ4n) is 2.68. The van der Waals surface area contributed by atoms with Crippen LogP contribution in [0.2, 0.25) is 0 Å². The maximum Gasteiger partial charge on any atom is 0.142 e. The number of nitrogens with zero attached hydrogens (tertiary/aromatic N) is 1. The van der Waals surface area contributed by atoms with Crippen LogP contribution in [-0.4, -0.2) is 23.5 Å². The Morgan fingerprint density at radius 3 is 3.00 bits per heavy atom. The number of ether oxygens (including phenoxy) is 1. The van der Waals surface area contributed by atoms with Gasteiger partial charge in [-0.3, -0.25) is 9.78 Å². The number of pyridine rings is 1. The lowest BCUT2D eigenvalue weighted by Crippen LogP contribution is -2.17. The van der Waals surface area contributed by atoms with Gasteiger partial charge in [0.25, 0.3) is 0 Å². The minimum Gasteiger partial charge on any atom is -0.378 e. The molecule has 0 aliphatic carbocycles. The molecule has 0 radical (unpaired) electrons. The van der Waals surface area contributed by atoms with Gasteiger partial charge in [0.05, 0.1) is 18.2 Å². The Morgan fingerprint density at radius 1 is 1.37 bits per heavy atom. The SMILES string of the molecule is CC1CC(C(=O)Cc2ccnc3ccccc23)CO1. The Hall–Kier alpha value is -1.74. The molecule has 0 saturated carbocycles. The molecular formula is C16H17NO2. The second kappa shape index (κ2) is 5.10. The minimum atomic E-state index is 0.0573. The molecule has 1 saturated heterocycles. The summed E-state index contributed by atoms with van der Waals surface area (Å²) in [5.41, 5.74) is 2.01. The van der Waals surface area contributed by atoms with Crippen molar-refractivity contribution in [1.29, 1.82) is 0 Å². The normalized spacial score (nSPS) is 22.8. The number of aromatic nitrogens is 1. The standard InChI is InChI=1S/C16H17NO2/c1-11-8-13(10-19-11)16(18)9-12-6-7-17-15-5-3-2-4-14(12)15/h2-7,11,13H,8-10H2,1H3. The van der Waals surface area contributed by atoms with Gasteiger partial charge in [-0.2, -0.15) is 0 Å². The van der Waals surface area contributed by atoms with Crippen molar-refractivity contribution in [3.05, 3.63) is 42.1 Å². The lowest BCUT2D eigenvalue weighted by atomic mass is 9.94. The van der Waals surface area contributed by atoms with Gasteiger partial charge in [-0.05, 0) is 31.0 Å². The molecule has 19 heavy (non-hydrogen) atoms. The van der Waals surface area contributed by atoms with Crippen LogP contribution >= 0.6 is 0 Å². The van der Waals surface area contributed by atoms with E-state index in [1.54, 1.807) is 6.20 Å². The van der Waals surface area contributed by atoms with Crippen molar-refractivity contribution in [1.82, 2.24) is 4.98 Å². The molecule has 2 unspecified atom stereocenters. The number of para-hydroxylation sites is 1. The summed E-state index contributed by atoms with van der Waals surface area (Å²) in [6, 6.07) is 9.90. The number of ketones is 1. The third-order valence-corrected chi connectivity index (χ3v) is 3.76.